The molecule has 0 aromatic heterocycles. The molecule has 0 bridgehead atoms. The molecule has 2 amide bonds. The molecule has 8 nitrogen and oxygen atoms in total. The highest BCUT2D eigenvalue weighted by Gasteiger charge is 2.45. The molecular formula is C26H37N4O4+. The summed E-state index contributed by atoms with van der Waals surface area (Å²) in [5.74, 6) is 0.898. The van der Waals surface area contributed by atoms with E-state index < -0.39 is 11.6 Å². The monoisotopic (exact) mass is 469 g/mol. The lowest BCUT2D eigenvalue weighted by Gasteiger charge is -2.36. The molecule has 0 heterocycles. The van der Waals surface area contributed by atoms with Crippen LogP contribution in [-0.4, -0.2) is 52.7 Å². The fourth-order valence-electron chi connectivity index (χ4n) is 4.44. The molecule has 0 radical (unpaired) electrons. The number of aliphatic hydroxyl groups is 1. The molecule has 0 spiro atoms. The number of hydrogen-bond donors (Lipinski definition) is 4. The van der Waals surface area contributed by atoms with E-state index in [2.05, 4.69) is 17.2 Å². The third kappa shape index (κ3) is 6.26. The fourth-order valence-corrected chi connectivity index (χ4v) is 4.44. The number of carbonyl (C=O) groups excluding carboxylic acids is 1. The number of ether oxygens (including phenoxy) is 1. The van der Waals surface area contributed by atoms with Crippen LogP contribution in [0.3, 0.4) is 0 Å². The Balaban J connectivity index is 1.73. The summed E-state index contributed by atoms with van der Waals surface area (Å²) >= 11 is 0. The normalized spacial score (nSPS) is 27.0. The highest BCUT2D eigenvalue weighted by atomic mass is 16.7. The number of carbonyl (C=O) groups is 1. The molecule has 34 heavy (non-hydrogen) atoms. The van der Waals surface area contributed by atoms with Crippen molar-refractivity contribution in [3.05, 3.63) is 60.2 Å². The lowest BCUT2D eigenvalue weighted by atomic mass is 9.79. The van der Waals surface area contributed by atoms with Gasteiger partial charge >= 0.3 is 6.03 Å². The van der Waals surface area contributed by atoms with Gasteiger partial charge in [-0.3, -0.25) is 0 Å². The molecule has 0 saturated heterocycles. The van der Waals surface area contributed by atoms with Gasteiger partial charge in [0.15, 0.2) is 17.2 Å². The smallest absolute Gasteiger partial charge is 0.489 e. The second kappa shape index (κ2) is 11.3. The van der Waals surface area contributed by atoms with E-state index >= 15 is 0 Å². The molecule has 0 aromatic carbocycles. The first-order valence-electron chi connectivity index (χ1n) is 11.9. The Morgan fingerprint density at radius 3 is 2.62 bits per heavy atom. The maximum Gasteiger partial charge on any atom is 0.535 e. The second-order valence-corrected chi connectivity index (χ2v) is 8.98. The number of hydroxylamine groups is 1. The van der Waals surface area contributed by atoms with Gasteiger partial charge in [-0.25, -0.2) is 0 Å². The molecule has 0 aliphatic heterocycles. The first-order valence-corrected chi connectivity index (χ1v) is 11.9. The van der Waals surface area contributed by atoms with Crippen LogP contribution < -0.4 is 10.6 Å². The average Bonchev–Trinajstić information content (AvgIpc) is 3.66. The van der Waals surface area contributed by atoms with Crippen LogP contribution in [0.15, 0.2) is 60.2 Å². The molecule has 0 atom stereocenters. The Labute approximate surface area is 201 Å². The Hall–Kier alpha value is -3.13. The molecule has 0 aromatic rings. The van der Waals surface area contributed by atoms with Crippen LogP contribution in [-0.2, 0) is 9.57 Å². The van der Waals surface area contributed by atoms with Crippen molar-refractivity contribution in [2.75, 3.05) is 13.7 Å². The van der Waals surface area contributed by atoms with E-state index in [1.165, 1.54) is 7.11 Å². The van der Waals surface area contributed by atoms with E-state index in [1.807, 2.05) is 13.1 Å². The van der Waals surface area contributed by atoms with Gasteiger partial charge in [-0.2, -0.15) is 10.1 Å². The van der Waals surface area contributed by atoms with Crippen molar-refractivity contribution in [1.82, 2.24) is 10.6 Å². The number of nitrogens with zero attached hydrogens (tertiary/aromatic N) is 1. The van der Waals surface area contributed by atoms with Crippen molar-refractivity contribution in [3.8, 4) is 0 Å². The van der Waals surface area contributed by atoms with Gasteiger partial charge in [0.1, 0.15) is 7.11 Å². The van der Waals surface area contributed by atoms with Gasteiger partial charge in [-0.1, -0.05) is 18.7 Å². The summed E-state index contributed by atoms with van der Waals surface area (Å²) in [6, 6.07) is -0.237. The van der Waals surface area contributed by atoms with Crippen LogP contribution >= 0.6 is 0 Å². The van der Waals surface area contributed by atoms with Crippen LogP contribution in [0.1, 0.15) is 52.4 Å². The minimum Gasteiger partial charge on any atom is -0.489 e. The van der Waals surface area contributed by atoms with Gasteiger partial charge in [0, 0.05) is 30.8 Å². The number of nitrogens with one attached hydrogen (secondary N) is 3. The summed E-state index contributed by atoms with van der Waals surface area (Å²) in [5, 5.41) is 25.4. The molecule has 2 fully saturated rings. The van der Waals surface area contributed by atoms with E-state index in [-0.39, 0.29) is 6.04 Å². The Bertz CT molecular complexity index is 961. The maximum atomic E-state index is 12.9. The number of rotatable bonds is 9. The molecule has 3 rings (SSSR count). The molecule has 2 saturated carbocycles. The first-order chi connectivity index (χ1) is 16.3. The summed E-state index contributed by atoms with van der Waals surface area (Å²) in [5.41, 5.74) is 1.47. The summed E-state index contributed by atoms with van der Waals surface area (Å²) < 4.78 is 6.80. The molecule has 4 N–H and O–H groups in total. The second-order valence-electron chi connectivity index (χ2n) is 8.98. The molecule has 8 heteroatoms. The third-order valence-corrected chi connectivity index (χ3v) is 6.52. The largest absolute Gasteiger partial charge is 0.535 e. The lowest BCUT2D eigenvalue weighted by molar-refractivity contribution is -0.706. The van der Waals surface area contributed by atoms with Crippen molar-refractivity contribution in [2.45, 2.75) is 64.0 Å². The predicted octanol–water partition coefficient (Wildman–Crippen LogP) is 3.87. The number of amides is 2. The van der Waals surface area contributed by atoms with Gasteiger partial charge in [0.2, 0.25) is 0 Å². The van der Waals surface area contributed by atoms with Gasteiger partial charge in [0.25, 0.3) is 0 Å². The zero-order valence-corrected chi connectivity index (χ0v) is 20.4. The summed E-state index contributed by atoms with van der Waals surface area (Å²) in [4.78, 5) is 18.1. The third-order valence-electron chi connectivity index (χ3n) is 6.52. The summed E-state index contributed by atoms with van der Waals surface area (Å²) in [6.45, 7) is 7.63. The standard InChI is InChI=1S/C26H36N4O4/c1-5-7-8-18(3)30(33-4)25(31)29-23-15-19(22(27)16-24(23)34-6-2)17-28-21-11-13-26(32,14-12-21)20-9-10-20/h5,7-8,15-17,20-21,32H,1,6,9-14H2,2-4H3,(H2-,27,28,29,31)/p+1/b8-7-,30-18+. The minimum atomic E-state index is -0.488. The molecule has 184 valence electrons. The minimum absolute atomic E-state index is 0.251. The zero-order chi connectivity index (χ0) is 24.7. The highest BCUT2D eigenvalue weighted by molar-refractivity contribution is 6.10. The Morgan fingerprint density at radius 1 is 1.32 bits per heavy atom. The van der Waals surface area contributed by atoms with Crippen LogP contribution in [0.4, 0.5) is 4.79 Å². The van der Waals surface area contributed by atoms with Gasteiger partial charge < -0.3 is 25.4 Å². The first kappa shape index (κ1) is 25.5. The number of allylic oxidation sites excluding steroid dienone is 6. The van der Waals surface area contributed by atoms with E-state index in [0.717, 1.165) is 43.3 Å². The van der Waals surface area contributed by atoms with E-state index in [9.17, 15) is 9.90 Å². The molecule has 0 unspecified atom stereocenters. The Kier molecular flexibility index (Phi) is 8.50. The molecular weight excluding hydrogens is 432 g/mol. The van der Waals surface area contributed by atoms with Crippen molar-refractivity contribution < 1.29 is 24.2 Å². The SMILES string of the molecule is C=C/C=C\C(C)=[N+](\OC)C(=O)NC1=C/C(=C/NC2CCC(O)(C3CC3)CC2)C(=N)C=C1OCC. The Morgan fingerprint density at radius 2 is 2.03 bits per heavy atom. The van der Waals surface area contributed by atoms with Crippen molar-refractivity contribution >= 4 is 17.5 Å². The van der Waals surface area contributed by atoms with E-state index in [4.69, 9.17) is 15.0 Å². The van der Waals surface area contributed by atoms with Crippen LogP contribution in [0.2, 0.25) is 0 Å². The number of urea groups is 1. The van der Waals surface area contributed by atoms with E-state index in [0.29, 0.717) is 41.0 Å². The van der Waals surface area contributed by atoms with Crippen LogP contribution in [0.5, 0.6) is 0 Å². The zero-order valence-electron chi connectivity index (χ0n) is 20.4. The van der Waals surface area contributed by atoms with Crippen molar-refractivity contribution in [3.63, 3.8) is 0 Å². The topological polar surface area (TPSA) is 107 Å². The highest BCUT2D eigenvalue weighted by Crippen LogP contribution is 2.47. The summed E-state index contributed by atoms with van der Waals surface area (Å²) in [6.07, 6.45) is 15.9. The van der Waals surface area contributed by atoms with Gasteiger partial charge in [-0.05, 0) is 68.3 Å². The fraction of sp³-hybridized carbons (Fsp3) is 0.500. The number of hydrogen-bond acceptors (Lipinski definition) is 6. The van der Waals surface area contributed by atoms with Crippen molar-refractivity contribution in [1.29, 1.82) is 5.41 Å². The predicted molar refractivity (Wildman–Crippen MR) is 132 cm³/mol. The van der Waals surface area contributed by atoms with Crippen LogP contribution in [0.25, 0.3) is 0 Å². The van der Waals surface area contributed by atoms with Crippen LogP contribution in [0, 0.1) is 11.3 Å². The molecule has 3 aliphatic rings. The summed E-state index contributed by atoms with van der Waals surface area (Å²) in [7, 11) is 1.42. The lowest BCUT2D eigenvalue weighted by Crippen LogP contribution is -2.41. The quantitative estimate of drug-likeness (QED) is 0.178. The van der Waals surface area contributed by atoms with E-state index in [1.54, 1.807) is 37.3 Å². The molecule has 3 aliphatic carbocycles. The maximum absolute atomic E-state index is 12.9. The van der Waals surface area contributed by atoms with Crippen molar-refractivity contribution in [2.24, 2.45) is 5.92 Å². The average molecular weight is 470 g/mol. The van der Waals surface area contributed by atoms with Gasteiger partial charge in [-0.15, -0.1) is 0 Å². The van der Waals surface area contributed by atoms with Gasteiger partial charge in [0.05, 0.1) is 17.9 Å².